The number of carbonyl (C=O) groups excluding carboxylic acids is 1. The number of hydrogen-bond donors (Lipinski definition) is 1. The predicted molar refractivity (Wildman–Crippen MR) is 52.1 cm³/mol. The largest absolute Gasteiger partial charge is 0.364 e. The number of hydrogen-bond acceptors (Lipinski definition) is 2. The molecule has 1 aromatic carbocycles. The Hall–Kier alpha value is -2.10. The number of imidazole rings is 1. The van der Waals surface area contributed by atoms with E-state index >= 15 is 0 Å². The summed E-state index contributed by atoms with van der Waals surface area (Å²) < 4.78 is 1.66. The molecule has 0 radical (unpaired) electrons. The van der Waals surface area contributed by atoms with Crippen molar-refractivity contribution in [1.29, 1.82) is 0 Å². The summed E-state index contributed by atoms with van der Waals surface area (Å²) in [6.07, 6.45) is 3.02. The maximum absolute atomic E-state index is 11.0. The molecule has 2 rings (SSSR count). The van der Waals surface area contributed by atoms with Crippen LogP contribution in [-0.4, -0.2) is 15.5 Å². The zero-order valence-corrected chi connectivity index (χ0v) is 7.42. The Morgan fingerprint density at radius 2 is 2.00 bits per heavy atom. The molecular formula is C10H9N3O. The number of nitrogens with two attached hydrogens (primary N) is 1. The molecule has 1 heterocycles. The monoisotopic (exact) mass is 187 g/mol. The summed E-state index contributed by atoms with van der Waals surface area (Å²) in [7, 11) is 0. The molecule has 0 aliphatic carbocycles. The summed E-state index contributed by atoms with van der Waals surface area (Å²) in [6.45, 7) is 0. The fourth-order valence-electron chi connectivity index (χ4n) is 1.27. The van der Waals surface area contributed by atoms with Crippen LogP contribution in [0.15, 0.2) is 42.9 Å². The number of primary amides is 1. The molecule has 1 aromatic heterocycles. The van der Waals surface area contributed by atoms with Crippen molar-refractivity contribution in [3.63, 3.8) is 0 Å². The van der Waals surface area contributed by atoms with Gasteiger partial charge in [-0.05, 0) is 12.1 Å². The number of nitrogens with zero attached hydrogens (tertiary/aromatic N) is 2. The van der Waals surface area contributed by atoms with Gasteiger partial charge in [0.15, 0.2) is 0 Å². The number of aromatic nitrogens is 2. The van der Waals surface area contributed by atoms with Crippen molar-refractivity contribution in [1.82, 2.24) is 9.55 Å². The van der Waals surface area contributed by atoms with Gasteiger partial charge in [0.25, 0.3) is 5.91 Å². The molecule has 0 aliphatic rings. The topological polar surface area (TPSA) is 60.9 Å². The smallest absolute Gasteiger partial charge is 0.267 e. The molecule has 0 unspecified atom stereocenters. The fourth-order valence-corrected chi connectivity index (χ4v) is 1.27. The Morgan fingerprint density at radius 3 is 2.64 bits per heavy atom. The molecule has 0 bridgehead atoms. The highest BCUT2D eigenvalue weighted by atomic mass is 16.1. The first kappa shape index (κ1) is 8.50. The van der Waals surface area contributed by atoms with Gasteiger partial charge in [-0.3, -0.25) is 9.36 Å². The highest BCUT2D eigenvalue weighted by Gasteiger charge is 2.08. The third-order valence-electron chi connectivity index (χ3n) is 1.93. The van der Waals surface area contributed by atoms with Crippen LogP contribution in [0.3, 0.4) is 0 Å². The molecule has 0 fully saturated rings. The summed E-state index contributed by atoms with van der Waals surface area (Å²) in [5, 5.41) is 0. The van der Waals surface area contributed by atoms with Crippen molar-refractivity contribution >= 4 is 5.91 Å². The highest BCUT2D eigenvalue weighted by molar-refractivity contribution is 5.91. The lowest BCUT2D eigenvalue weighted by Gasteiger charge is -2.04. The number of para-hydroxylation sites is 1. The van der Waals surface area contributed by atoms with Crippen LogP contribution in [0.1, 0.15) is 10.5 Å². The molecule has 2 N–H and O–H groups in total. The van der Waals surface area contributed by atoms with Crippen molar-refractivity contribution in [3.8, 4) is 5.69 Å². The SMILES string of the molecule is NC(=O)c1cncn1-c1ccccc1. The first-order chi connectivity index (χ1) is 6.79. The molecule has 4 nitrogen and oxygen atoms in total. The van der Waals surface area contributed by atoms with Crippen LogP contribution >= 0.6 is 0 Å². The second-order valence-electron chi connectivity index (χ2n) is 2.85. The van der Waals surface area contributed by atoms with Crippen LogP contribution in [0.2, 0.25) is 0 Å². The molecule has 14 heavy (non-hydrogen) atoms. The summed E-state index contributed by atoms with van der Waals surface area (Å²) >= 11 is 0. The summed E-state index contributed by atoms with van der Waals surface area (Å²) in [5.74, 6) is -0.480. The van der Waals surface area contributed by atoms with Gasteiger partial charge in [-0.1, -0.05) is 18.2 Å². The van der Waals surface area contributed by atoms with Crippen molar-refractivity contribution in [2.75, 3.05) is 0 Å². The van der Waals surface area contributed by atoms with Crippen LogP contribution in [0.4, 0.5) is 0 Å². The molecule has 1 amide bonds. The molecule has 0 atom stereocenters. The molecular weight excluding hydrogens is 178 g/mol. The minimum atomic E-state index is -0.480. The lowest BCUT2D eigenvalue weighted by Crippen LogP contribution is -2.15. The van der Waals surface area contributed by atoms with E-state index in [-0.39, 0.29) is 0 Å². The maximum atomic E-state index is 11.0. The first-order valence-corrected chi connectivity index (χ1v) is 4.16. The van der Waals surface area contributed by atoms with Crippen LogP contribution in [0, 0.1) is 0 Å². The average Bonchev–Trinajstić information content (AvgIpc) is 2.67. The van der Waals surface area contributed by atoms with E-state index in [9.17, 15) is 4.79 Å². The molecule has 70 valence electrons. The van der Waals surface area contributed by atoms with Gasteiger partial charge in [0, 0.05) is 5.69 Å². The molecule has 0 saturated heterocycles. The van der Waals surface area contributed by atoms with E-state index in [1.54, 1.807) is 10.9 Å². The third kappa shape index (κ3) is 1.37. The van der Waals surface area contributed by atoms with Crippen molar-refractivity contribution < 1.29 is 4.79 Å². The second kappa shape index (κ2) is 3.33. The van der Waals surface area contributed by atoms with Crippen molar-refractivity contribution in [2.24, 2.45) is 5.73 Å². The van der Waals surface area contributed by atoms with E-state index in [1.165, 1.54) is 6.20 Å². The van der Waals surface area contributed by atoms with Gasteiger partial charge in [-0.2, -0.15) is 0 Å². The van der Waals surface area contributed by atoms with Crippen LogP contribution < -0.4 is 5.73 Å². The Morgan fingerprint density at radius 1 is 1.29 bits per heavy atom. The standard InChI is InChI=1S/C10H9N3O/c11-10(14)9-6-12-7-13(9)8-4-2-1-3-5-8/h1-7H,(H2,11,14). The highest BCUT2D eigenvalue weighted by Crippen LogP contribution is 2.09. The summed E-state index contributed by atoms with van der Waals surface area (Å²) in [4.78, 5) is 14.9. The van der Waals surface area contributed by atoms with Gasteiger partial charge in [-0.15, -0.1) is 0 Å². The van der Waals surface area contributed by atoms with E-state index in [4.69, 9.17) is 5.73 Å². The number of amides is 1. The van der Waals surface area contributed by atoms with Crippen LogP contribution in [0.25, 0.3) is 5.69 Å². The van der Waals surface area contributed by atoms with Gasteiger partial charge in [0.05, 0.1) is 12.5 Å². The van der Waals surface area contributed by atoms with E-state index in [2.05, 4.69) is 4.98 Å². The maximum Gasteiger partial charge on any atom is 0.267 e. The van der Waals surface area contributed by atoms with Gasteiger partial charge < -0.3 is 5.73 Å². The van der Waals surface area contributed by atoms with E-state index < -0.39 is 5.91 Å². The lowest BCUT2D eigenvalue weighted by molar-refractivity contribution is 0.0994. The fraction of sp³-hybridized carbons (Fsp3) is 0. The zero-order valence-electron chi connectivity index (χ0n) is 7.42. The number of benzene rings is 1. The summed E-state index contributed by atoms with van der Waals surface area (Å²) in [5.41, 5.74) is 6.46. The van der Waals surface area contributed by atoms with E-state index in [1.807, 2.05) is 30.3 Å². The third-order valence-corrected chi connectivity index (χ3v) is 1.93. The Bertz CT molecular complexity index is 447. The molecule has 0 saturated carbocycles. The first-order valence-electron chi connectivity index (χ1n) is 4.16. The second-order valence-corrected chi connectivity index (χ2v) is 2.85. The average molecular weight is 187 g/mol. The minimum absolute atomic E-state index is 0.385. The summed E-state index contributed by atoms with van der Waals surface area (Å²) in [6, 6.07) is 9.45. The van der Waals surface area contributed by atoms with E-state index in [0.29, 0.717) is 5.69 Å². The van der Waals surface area contributed by atoms with Crippen molar-refractivity contribution in [3.05, 3.63) is 48.5 Å². The normalized spacial score (nSPS) is 10.0. The van der Waals surface area contributed by atoms with Crippen LogP contribution in [0.5, 0.6) is 0 Å². The Labute approximate surface area is 81.0 Å². The van der Waals surface area contributed by atoms with Crippen molar-refractivity contribution in [2.45, 2.75) is 0 Å². The zero-order chi connectivity index (χ0) is 9.97. The van der Waals surface area contributed by atoms with Gasteiger partial charge in [0.1, 0.15) is 5.69 Å². The Kier molecular flexibility index (Phi) is 2.02. The molecule has 0 spiro atoms. The van der Waals surface area contributed by atoms with Gasteiger partial charge in [-0.25, -0.2) is 4.98 Å². The minimum Gasteiger partial charge on any atom is -0.364 e. The van der Waals surface area contributed by atoms with Crippen LogP contribution in [-0.2, 0) is 0 Å². The number of carbonyl (C=O) groups is 1. The van der Waals surface area contributed by atoms with E-state index in [0.717, 1.165) is 5.69 Å². The number of rotatable bonds is 2. The van der Waals surface area contributed by atoms with Gasteiger partial charge >= 0.3 is 0 Å². The molecule has 0 aliphatic heterocycles. The predicted octanol–water partition coefficient (Wildman–Crippen LogP) is 0.971. The molecule has 4 heteroatoms. The lowest BCUT2D eigenvalue weighted by atomic mass is 10.3. The van der Waals surface area contributed by atoms with Gasteiger partial charge in [0.2, 0.25) is 0 Å². The molecule has 2 aromatic rings. The Balaban J connectivity index is 2.52. The quantitative estimate of drug-likeness (QED) is 0.761.